The lowest BCUT2D eigenvalue weighted by Crippen LogP contribution is -2.41. The quantitative estimate of drug-likeness (QED) is 0.904. The van der Waals surface area contributed by atoms with Gasteiger partial charge in [-0.1, -0.05) is 28.4 Å². The summed E-state index contributed by atoms with van der Waals surface area (Å²) in [6.45, 7) is 1.35. The van der Waals surface area contributed by atoms with Gasteiger partial charge < -0.3 is 5.11 Å². The Kier molecular flexibility index (Phi) is 4.54. The number of hydrogen-bond donors (Lipinski definition) is 1. The third-order valence-corrected chi connectivity index (χ3v) is 3.86. The standard InChI is InChI=1S/C13H17BrFNO/c14-11-5-4-10(13(15)8-11)9-16(6-7-17)12-2-1-3-12/h4-5,8,12,17H,1-3,6-7,9H2. The van der Waals surface area contributed by atoms with Crippen LogP contribution in [0.5, 0.6) is 0 Å². The summed E-state index contributed by atoms with van der Waals surface area (Å²) in [6.07, 6.45) is 3.58. The average molecular weight is 302 g/mol. The zero-order valence-corrected chi connectivity index (χ0v) is 11.3. The third-order valence-electron chi connectivity index (χ3n) is 3.37. The van der Waals surface area contributed by atoms with Crippen molar-refractivity contribution in [1.82, 2.24) is 4.90 Å². The van der Waals surface area contributed by atoms with Crippen LogP contribution in [0, 0.1) is 5.82 Å². The number of aliphatic hydroxyl groups excluding tert-OH is 1. The van der Waals surface area contributed by atoms with Gasteiger partial charge >= 0.3 is 0 Å². The summed E-state index contributed by atoms with van der Waals surface area (Å²) in [6, 6.07) is 5.68. The van der Waals surface area contributed by atoms with Crippen LogP contribution in [-0.4, -0.2) is 29.2 Å². The molecule has 0 aliphatic heterocycles. The lowest BCUT2D eigenvalue weighted by Gasteiger charge is -2.37. The maximum absolute atomic E-state index is 13.7. The zero-order chi connectivity index (χ0) is 12.3. The van der Waals surface area contributed by atoms with E-state index in [-0.39, 0.29) is 12.4 Å². The SMILES string of the molecule is OCCN(Cc1ccc(Br)cc1F)C1CCC1. The van der Waals surface area contributed by atoms with Gasteiger partial charge in [0, 0.05) is 29.2 Å². The Labute approximate surface area is 110 Å². The molecule has 0 amide bonds. The fourth-order valence-corrected chi connectivity index (χ4v) is 2.47. The van der Waals surface area contributed by atoms with Crippen LogP contribution in [0.3, 0.4) is 0 Å². The molecule has 0 heterocycles. The lowest BCUT2D eigenvalue weighted by molar-refractivity contribution is 0.0934. The number of aliphatic hydroxyl groups is 1. The van der Waals surface area contributed by atoms with Crippen molar-refractivity contribution in [3.05, 3.63) is 34.1 Å². The van der Waals surface area contributed by atoms with E-state index in [9.17, 15) is 4.39 Å². The van der Waals surface area contributed by atoms with Crippen molar-refractivity contribution in [3.63, 3.8) is 0 Å². The Morgan fingerprint density at radius 1 is 1.41 bits per heavy atom. The molecular weight excluding hydrogens is 285 g/mol. The molecule has 17 heavy (non-hydrogen) atoms. The van der Waals surface area contributed by atoms with Crippen LogP contribution in [0.1, 0.15) is 24.8 Å². The highest BCUT2D eigenvalue weighted by Crippen LogP contribution is 2.27. The molecule has 1 aliphatic carbocycles. The first-order valence-corrected chi connectivity index (χ1v) is 6.79. The van der Waals surface area contributed by atoms with Crippen LogP contribution in [0.2, 0.25) is 0 Å². The van der Waals surface area contributed by atoms with E-state index in [0.29, 0.717) is 24.7 Å². The number of hydrogen-bond acceptors (Lipinski definition) is 2. The topological polar surface area (TPSA) is 23.5 Å². The fourth-order valence-electron chi connectivity index (χ4n) is 2.14. The van der Waals surface area contributed by atoms with Crippen molar-refractivity contribution >= 4 is 15.9 Å². The molecule has 0 spiro atoms. The van der Waals surface area contributed by atoms with Gasteiger partial charge in [0.1, 0.15) is 5.82 Å². The minimum atomic E-state index is -0.179. The maximum Gasteiger partial charge on any atom is 0.128 e. The number of rotatable bonds is 5. The van der Waals surface area contributed by atoms with Crippen molar-refractivity contribution < 1.29 is 9.50 Å². The molecule has 1 N–H and O–H groups in total. The highest BCUT2D eigenvalue weighted by Gasteiger charge is 2.25. The first-order valence-electron chi connectivity index (χ1n) is 5.99. The molecular formula is C13H17BrFNO. The monoisotopic (exact) mass is 301 g/mol. The minimum Gasteiger partial charge on any atom is -0.395 e. The van der Waals surface area contributed by atoms with E-state index in [1.165, 1.54) is 12.5 Å². The van der Waals surface area contributed by atoms with Gasteiger partial charge in [-0.15, -0.1) is 0 Å². The third kappa shape index (κ3) is 3.27. The molecule has 1 aromatic rings. The molecule has 94 valence electrons. The fraction of sp³-hybridized carbons (Fsp3) is 0.538. The van der Waals surface area contributed by atoms with Gasteiger partial charge in [0.25, 0.3) is 0 Å². The van der Waals surface area contributed by atoms with E-state index in [1.807, 2.05) is 12.1 Å². The van der Waals surface area contributed by atoms with E-state index >= 15 is 0 Å². The minimum absolute atomic E-state index is 0.134. The first-order chi connectivity index (χ1) is 8.20. The number of benzene rings is 1. The molecule has 0 aromatic heterocycles. The van der Waals surface area contributed by atoms with Crippen LogP contribution in [0.15, 0.2) is 22.7 Å². The molecule has 1 aliphatic rings. The molecule has 1 aromatic carbocycles. The molecule has 0 atom stereocenters. The maximum atomic E-state index is 13.7. The van der Waals surface area contributed by atoms with Gasteiger partial charge in [0.2, 0.25) is 0 Å². The van der Waals surface area contributed by atoms with E-state index in [1.54, 1.807) is 0 Å². The van der Waals surface area contributed by atoms with Crippen LogP contribution < -0.4 is 0 Å². The second-order valence-electron chi connectivity index (χ2n) is 4.51. The first kappa shape index (κ1) is 13.0. The van der Waals surface area contributed by atoms with Gasteiger partial charge in [-0.25, -0.2) is 4.39 Å². The predicted molar refractivity (Wildman–Crippen MR) is 69.2 cm³/mol. The molecule has 2 nitrogen and oxygen atoms in total. The summed E-state index contributed by atoms with van der Waals surface area (Å²) in [7, 11) is 0. The Bertz CT molecular complexity index is 382. The van der Waals surface area contributed by atoms with E-state index in [2.05, 4.69) is 20.8 Å². The van der Waals surface area contributed by atoms with E-state index in [0.717, 1.165) is 17.3 Å². The van der Waals surface area contributed by atoms with Crippen LogP contribution in [0.4, 0.5) is 4.39 Å². The predicted octanol–water partition coefficient (Wildman–Crippen LogP) is 2.94. The molecule has 1 fully saturated rings. The average Bonchev–Trinajstić information content (AvgIpc) is 2.20. The summed E-state index contributed by atoms with van der Waals surface area (Å²) < 4.78 is 14.5. The summed E-state index contributed by atoms with van der Waals surface area (Å²) in [5.74, 6) is -0.179. The molecule has 0 saturated heterocycles. The summed E-state index contributed by atoms with van der Waals surface area (Å²) in [5.41, 5.74) is 0.702. The number of halogens is 2. The van der Waals surface area contributed by atoms with Gasteiger partial charge in [0.05, 0.1) is 6.61 Å². The van der Waals surface area contributed by atoms with Crippen molar-refractivity contribution in [2.24, 2.45) is 0 Å². The Morgan fingerprint density at radius 3 is 2.71 bits per heavy atom. The van der Waals surface area contributed by atoms with Gasteiger partial charge in [0.15, 0.2) is 0 Å². The number of nitrogens with zero attached hydrogens (tertiary/aromatic N) is 1. The molecule has 0 bridgehead atoms. The lowest BCUT2D eigenvalue weighted by atomic mass is 9.91. The van der Waals surface area contributed by atoms with E-state index in [4.69, 9.17) is 5.11 Å². The highest BCUT2D eigenvalue weighted by atomic mass is 79.9. The van der Waals surface area contributed by atoms with Crippen molar-refractivity contribution in [1.29, 1.82) is 0 Å². The van der Waals surface area contributed by atoms with Gasteiger partial charge in [-0.3, -0.25) is 4.90 Å². The normalized spacial score (nSPS) is 16.2. The summed E-state index contributed by atoms with van der Waals surface area (Å²) in [5, 5.41) is 9.05. The summed E-state index contributed by atoms with van der Waals surface area (Å²) in [4.78, 5) is 2.18. The van der Waals surface area contributed by atoms with Crippen LogP contribution in [0.25, 0.3) is 0 Å². The second kappa shape index (κ2) is 5.94. The molecule has 4 heteroatoms. The largest absolute Gasteiger partial charge is 0.395 e. The summed E-state index contributed by atoms with van der Waals surface area (Å²) >= 11 is 3.25. The van der Waals surface area contributed by atoms with Crippen LogP contribution >= 0.6 is 15.9 Å². The van der Waals surface area contributed by atoms with Gasteiger partial charge in [-0.2, -0.15) is 0 Å². The molecule has 2 rings (SSSR count). The second-order valence-corrected chi connectivity index (χ2v) is 5.43. The Morgan fingerprint density at radius 2 is 2.18 bits per heavy atom. The zero-order valence-electron chi connectivity index (χ0n) is 9.70. The Hall–Kier alpha value is -0.450. The van der Waals surface area contributed by atoms with Crippen molar-refractivity contribution in [2.75, 3.05) is 13.2 Å². The molecule has 0 unspecified atom stereocenters. The van der Waals surface area contributed by atoms with Crippen molar-refractivity contribution in [2.45, 2.75) is 31.8 Å². The van der Waals surface area contributed by atoms with E-state index < -0.39 is 0 Å². The highest BCUT2D eigenvalue weighted by molar-refractivity contribution is 9.10. The smallest absolute Gasteiger partial charge is 0.128 e. The molecule has 0 radical (unpaired) electrons. The van der Waals surface area contributed by atoms with Crippen LogP contribution in [-0.2, 0) is 6.54 Å². The molecule has 1 saturated carbocycles. The van der Waals surface area contributed by atoms with Crippen molar-refractivity contribution in [3.8, 4) is 0 Å². The Balaban J connectivity index is 2.05. The van der Waals surface area contributed by atoms with Gasteiger partial charge in [-0.05, 0) is 25.0 Å².